The second-order valence-electron chi connectivity index (χ2n) is 10.3. The molecule has 1 aromatic rings. The van der Waals surface area contributed by atoms with E-state index in [9.17, 15) is 13.2 Å². The first-order valence-corrected chi connectivity index (χ1v) is 13.2. The predicted molar refractivity (Wildman–Crippen MR) is 114 cm³/mol. The van der Waals surface area contributed by atoms with Crippen LogP contribution >= 0.6 is 0 Å². The number of nitrogens with two attached hydrogens (primary N) is 1. The SMILES string of the molecule is NC1C[C@@H]2CN(S(=O)(=O)N3C4CC[C@@H]3CC(NC(=O)c3cc(C5COC5)on3)C4)C[C@@H]2C1. The Bertz CT molecular complexity index is 966. The molecule has 1 aliphatic carbocycles. The van der Waals surface area contributed by atoms with Crippen LogP contribution in [0.5, 0.6) is 0 Å². The van der Waals surface area contributed by atoms with E-state index in [0.717, 1.165) is 25.7 Å². The number of ether oxygens (including phenoxy) is 1. The van der Waals surface area contributed by atoms with Crippen LogP contribution in [0.3, 0.4) is 0 Å². The van der Waals surface area contributed by atoms with Gasteiger partial charge in [-0.05, 0) is 50.4 Å². The number of carbonyl (C=O) groups excluding carboxylic acids is 1. The van der Waals surface area contributed by atoms with Gasteiger partial charge >= 0.3 is 0 Å². The number of hydrogen-bond acceptors (Lipinski definition) is 7. The Morgan fingerprint density at radius 1 is 1.09 bits per heavy atom. The molecule has 6 rings (SSSR count). The summed E-state index contributed by atoms with van der Waals surface area (Å²) in [6.07, 6.45) is 4.81. The van der Waals surface area contributed by atoms with Crippen molar-refractivity contribution in [3.05, 3.63) is 17.5 Å². The van der Waals surface area contributed by atoms with Crippen LogP contribution < -0.4 is 11.1 Å². The Balaban J connectivity index is 1.09. The molecule has 176 valence electrons. The molecule has 5 heterocycles. The van der Waals surface area contributed by atoms with Crippen molar-refractivity contribution in [3.8, 4) is 0 Å². The van der Waals surface area contributed by atoms with E-state index in [0.29, 0.717) is 56.7 Å². The van der Waals surface area contributed by atoms with Crippen molar-refractivity contribution in [1.82, 2.24) is 19.1 Å². The first kappa shape index (κ1) is 21.0. The lowest BCUT2D eigenvalue weighted by Crippen LogP contribution is -2.55. The number of carbonyl (C=O) groups is 1. The minimum atomic E-state index is -3.49. The van der Waals surface area contributed by atoms with E-state index < -0.39 is 10.2 Å². The zero-order valence-electron chi connectivity index (χ0n) is 18.1. The summed E-state index contributed by atoms with van der Waals surface area (Å²) in [7, 11) is -3.49. The summed E-state index contributed by atoms with van der Waals surface area (Å²) < 4.78 is 40.9. The molecule has 4 aliphatic heterocycles. The molecule has 6 atom stereocenters. The van der Waals surface area contributed by atoms with Gasteiger partial charge in [-0.2, -0.15) is 17.0 Å². The van der Waals surface area contributed by atoms with Crippen LogP contribution in [0.15, 0.2) is 10.6 Å². The maximum atomic E-state index is 13.5. The highest BCUT2D eigenvalue weighted by atomic mass is 32.2. The van der Waals surface area contributed by atoms with Crippen LogP contribution in [0.25, 0.3) is 0 Å². The fraction of sp³-hybridized carbons (Fsp3) is 0.810. The van der Waals surface area contributed by atoms with Gasteiger partial charge in [-0.1, -0.05) is 5.16 Å². The smallest absolute Gasteiger partial charge is 0.282 e. The highest BCUT2D eigenvalue weighted by molar-refractivity contribution is 7.86. The summed E-state index contributed by atoms with van der Waals surface area (Å²) in [5.74, 6) is 1.39. The van der Waals surface area contributed by atoms with Gasteiger partial charge in [0.1, 0.15) is 5.76 Å². The molecule has 11 heteroatoms. The zero-order chi connectivity index (χ0) is 22.0. The molecular formula is C21H31N5O5S. The number of amides is 1. The lowest BCUT2D eigenvalue weighted by Gasteiger charge is -2.40. The quantitative estimate of drug-likeness (QED) is 0.645. The summed E-state index contributed by atoms with van der Waals surface area (Å²) in [6.45, 7) is 2.38. The van der Waals surface area contributed by atoms with Crippen LogP contribution in [0.4, 0.5) is 0 Å². The van der Waals surface area contributed by atoms with Crippen molar-refractivity contribution in [1.29, 1.82) is 0 Å². The van der Waals surface area contributed by atoms with Crippen molar-refractivity contribution in [2.45, 2.75) is 68.6 Å². The molecule has 2 bridgehead atoms. The molecule has 0 aromatic carbocycles. The fourth-order valence-electron chi connectivity index (χ4n) is 6.50. The van der Waals surface area contributed by atoms with Gasteiger partial charge < -0.3 is 20.3 Å². The van der Waals surface area contributed by atoms with Gasteiger partial charge in [0.25, 0.3) is 16.1 Å². The maximum absolute atomic E-state index is 13.5. The maximum Gasteiger partial charge on any atom is 0.282 e. The van der Waals surface area contributed by atoms with E-state index in [-0.39, 0.29) is 41.7 Å². The van der Waals surface area contributed by atoms with Crippen LogP contribution in [-0.2, 0) is 14.9 Å². The lowest BCUT2D eigenvalue weighted by molar-refractivity contribution is -0.00228. The van der Waals surface area contributed by atoms with Crippen molar-refractivity contribution in [2.75, 3.05) is 26.3 Å². The number of hydrogen-bond donors (Lipinski definition) is 2. The molecule has 3 N–H and O–H groups in total. The molecule has 5 aliphatic rings. The van der Waals surface area contributed by atoms with Gasteiger partial charge in [0.05, 0.1) is 19.1 Å². The first-order valence-electron chi connectivity index (χ1n) is 11.8. The first-order chi connectivity index (χ1) is 15.4. The molecule has 1 aromatic heterocycles. The molecular weight excluding hydrogens is 434 g/mol. The van der Waals surface area contributed by atoms with Gasteiger partial charge in [-0.3, -0.25) is 4.79 Å². The highest BCUT2D eigenvalue weighted by Crippen LogP contribution is 2.43. The van der Waals surface area contributed by atoms with Crippen LogP contribution in [0, 0.1) is 11.8 Å². The molecule has 32 heavy (non-hydrogen) atoms. The van der Waals surface area contributed by atoms with Crippen molar-refractivity contribution in [2.24, 2.45) is 17.6 Å². The second kappa shape index (κ2) is 7.76. The molecule has 5 fully saturated rings. The largest absolute Gasteiger partial charge is 0.380 e. The van der Waals surface area contributed by atoms with E-state index in [4.69, 9.17) is 15.0 Å². The summed E-state index contributed by atoms with van der Waals surface area (Å²) >= 11 is 0. The van der Waals surface area contributed by atoms with E-state index in [1.165, 1.54) is 0 Å². The second-order valence-corrected chi connectivity index (χ2v) is 12.1. The minimum Gasteiger partial charge on any atom is -0.380 e. The van der Waals surface area contributed by atoms with Crippen LogP contribution in [0.2, 0.25) is 0 Å². The Morgan fingerprint density at radius 2 is 1.75 bits per heavy atom. The monoisotopic (exact) mass is 465 g/mol. The summed E-state index contributed by atoms with van der Waals surface area (Å²) in [4.78, 5) is 12.7. The molecule has 4 saturated heterocycles. The Morgan fingerprint density at radius 3 is 2.34 bits per heavy atom. The van der Waals surface area contributed by atoms with Crippen molar-refractivity contribution in [3.63, 3.8) is 0 Å². The Kier molecular flexibility index (Phi) is 5.10. The fourth-order valence-corrected chi connectivity index (χ4v) is 8.66. The molecule has 1 amide bonds. The Hall–Kier alpha value is -1.53. The van der Waals surface area contributed by atoms with Crippen molar-refractivity contribution >= 4 is 16.1 Å². The van der Waals surface area contributed by atoms with Crippen LogP contribution in [-0.4, -0.2) is 78.6 Å². The minimum absolute atomic E-state index is 0.0606. The zero-order valence-corrected chi connectivity index (χ0v) is 18.9. The predicted octanol–water partition coefficient (Wildman–Crippen LogP) is 0.428. The topological polar surface area (TPSA) is 131 Å². The third kappa shape index (κ3) is 3.49. The third-order valence-corrected chi connectivity index (χ3v) is 10.2. The highest BCUT2D eigenvalue weighted by Gasteiger charge is 2.52. The molecule has 3 unspecified atom stereocenters. The number of fused-ring (bicyclic) bond motifs is 3. The number of rotatable bonds is 5. The van der Waals surface area contributed by atoms with Gasteiger partial charge in [-0.25, -0.2) is 0 Å². The van der Waals surface area contributed by atoms with Gasteiger partial charge in [0, 0.05) is 43.3 Å². The molecule has 0 radical (unpaired) electrons. The average Bonchev–Trinajstić information content (AvgIpc) is 3.43. The van der Waals surface area contributed by atoms with E-state index >= 15 is 0 Å². The standard InChI is InChI=1S/C21H31N5O5S/c22-15-3-12-8-25(9-13(12)4-15)32(28,29)26-17-1-2-18(26)6-16(5-17)23-21(27)19-7-20(31-24-19)14-10-30-11-14/h7,12-18H,1-6,8-11,22H2,(H,23,27)/t12-,13+,15?,16?,17-,18?/m1/s1. The average molecular weight is 466 g/mol. The lowest BCUT2D eigenvalue weighted by atomic mass is 9.99. The summed E-state index contributed by atoms with van der Waals surface area (Å²) in [5, 5.41) is 6.97. The summed E-state index contributed by atoms with van der Waals surface area (Å²) in [6, 6.07) is 1.72. The molecule has 10 nitrogen and oxygen atoms in total. The Labute approximate surface area is 188 Å². The van der Waals surface area contributed by atoms with E-state index in [1.54, 1.807) is 14.7 Å². The number of nitrogens with zero attached hydrogens (tertiary/aromatic N) is 3. The number of nitrogens with one attached hydrogen (secondary N) is 1. The van der Waals surface area contributed by atoms with Gasteiger partial charge in [0.2, 0.25) is 0 Å². The molecule has 1 saturated carbocycles. The number of piperidine rings is 1. The summed E-state index contributed by atoms with van der Waals surface area (Å²) in [5.41, 5.74) is 6.34. The van der Waals surface area contributed by atoms with Crippen molar-refractivity contribution < 1.29 is 22.5 Å². The molecule has 0 spiro atoms. The van der Waals surface area contributed by atoms with E-state index in [2.05, 4.69) is 10.5 Å². The third-order valence-electron chi connectivity index (χ3n) is 8.15. The van der Waals surface area contributed by atoms with E-state index in [1.807, 2.05) is 0 Å². The van der Waals surface area contributed by atoms with Crippen LogP contribution in [0.1, 0.15) is 60.7 Å². The normalized spacial score (nSPS) is 38.0. The van der Waals surface area contributed by atoms with Gasteiger partial charge in [0.15, 0.2) is 5.69 Å². The number of aromatic nitrogens is 1. The van der Waals surface area contributed by atoms with Gasteiger partial charge in [-0.15, -0.1) is 0 Å².